The predicted octanol–water partition coefficient (Wildman–Crippen LogP) is 5.18. The Hall–Kier alpha value is -3.70. The van der Waals surface area contributed by atoms with Gasteiger partial charge in [0, 0.05) is 5.92 Å². The molecule has 0 aliphatic rings. The van der Waals surface area contributed by atoms with E-state index in [1.807, 2.05) is 57.2 Å². The van der Waals surface area contributed by atoms with E-state index in [0.717, 1.165) is 10.6 Å². The van der Waals surface area contributed by atoms with Gasteiger partial charge in [0.25, 0.3) is 5.91 Å². The number of hydrogen-bond donors (Lipinski definition) is 1. The average molecular weight is 449 g/mol. The molecule has 0 bridgehead atoms. The van der Waals surface area contributed by atoms with Gasteiger partial charge in [0.2, 0.25) is 5.13 Å². The molecule has 7 nitrogen and oxygen atoms in total. The van der Waals surface area contributed by atoms with Crippen LogP contribution in [0.3, 0.4) is 0 Å². The minimum Gasteiger partial charge on any atom is -0.490 e. The number of nitrogens with one attached hydrogen (secondary N) is 1. The molecule has 3 rings (SSSR count). The van der Waals surface area contributed by atoms with Crippen molar-refractivity contribution < 1.29 is 14.3 Å². The maximum atomic E-state index is 12.5. The maximum Gasteiger partial charge on any atom is 0.268 e. The summed E-state index contributed by atoms with van der Waals surface area (Å²) in [6.45, 7) is 6.73. The van der Waals surface area contributed by atoms with Crippen LogP contribution in [0.25, 0.3) is 6.08 Å². The highest BCUT2D eigenvalue weighted by atomic mass is 32.1. The van der Waals surface area contributed by atoms with Gasteiger partial charge in [0.15, 0.2) is 11.5 Å². The van der Waals surface area contributed by atoms with Gasteiger partial charge >= 0.3 is 0 Å². The van der Waals surface area contributed by atoms with E-state index in [9.17, 15) is 10.1 Å². The molecule has 1 aromatic heterocycles. The molecule has 0 atom stereocenters. The molecule has 0 aliphatic heterocycles. The molecule has 1 amide bonds. The number of carbonyl (C=O) groups excluding carboxylic acids is 1. The van der Waals surface area contributed by atoms with Crippen molar-refractivity contribution in [3.8, 4) is 17.6 Å². The van der Waals surface area contributed by atoms with Crippen LogP contribution in [0.4, 0.5) is 5.13 Å². The standard InChI is InChI=1S/C24H24N4O3S/c1-4-30-21-13-18(10-11-20(21)31-15-17-8-6-5-7-9-17)12-19(14-25)22(29)26-24-28-27-23(32-24)16(2)3/h5-13,16H,4,15H2,1-3H3,(H,26,28,29)/b19-12-. The fraction of sp³-hybridized carbons (Fsp3) is 0.250. The van der Waals surface area contributed by atoms with Crippen molar-refractivity contribution >= 4 is 28.5 Å². The third-order valence-corrected chi connectivity index (χ3v) is 5.48. The van der Waals surface area contributed by atoms with Crippen LogP contribution in [-0.2, 0) is 11.4 Å². The monoisotopic (exact) mass is 448 g/mol. The van der Waals surface area contributed by atoms with Crippen molar-refractivity contribution in [3.05, 3.63) is 70.2 Å². The Balaban J connectivity index is 1.76. The lowest BCUT2D eigenvalue weighted by molar-refractivity contribution is -0.112. The Bertz CT molecular complexity index is 1130. The number of ether oxygens (including phenoxy) is 2. The summed E-state index contributed by atoms with van der Waals surface area (Å²) in [5, 5.41) is 21.3. The van der Waals surface area contributed by atoms with Crippen molar-refractivity contribution in [1.29, 1.82) is 5.26 Å². The Kier molecular flexibility index (Phi) is 7.95. The SMILES string of the molecule is CCOc1cc(/C=C(/C#N)C(=O)Nc2nnc(C(C)C)s2)ccc1OCc1ccccc1. The Morgan fingerprint density at radius 3 is 2.59 bits per heavy atom. The molecule has 3 aromatic rings. The van der Waals surface area contributed by atoms with Crippen LogP contribution >= 0.6 is 11.3 Å². The van der Waals surface area contributed by atoms with Crippen LogP contribution < -0.4 is 14.8 Å². The van der Waals surface area contributed by atoms with Gasteiger partial charge in [-0.15, -0.1) is 10.2 Å². The van der Waals surface area contributed by atoms with Crippen LogP contribution in [-0.4, -0.2) is 22.7 Å². The highest BCUT2D eigenvalue weighted by Gasteiger charge is 2.15. The van der Waals surface area contributed by atoms with E-state index in [2.05, 4.69) is 15.5 Å². The molecule has 0 unspecified atom stereocenters. The van der Waals surface area contributed by atoms with Crippen molar-refractivity contribution in [2.24, 2.45) is 0 Å². The second-order valence-electron chi connectivity index (χ2n) is 7.14. The van der Waals surface area contributed by atoms with E-state index in [1.165, 1.54) is 17.4 Å². The summed E-state index contributed by atoms with van der Waals surface area (Å²) in [7, 11) is 0. The maximum absolute atomic E-state index is 12.5. The third-order valence-electron chi connectivity index (χ3n) is 4.34. The Morgan fingerprint density at radius 2 is 1.94 bits per heavy atom. The summed E-state index contributed by atoms with van der Waals surface area (Å²) >= 11 is 1.29. The number of amides is 1. The van der Waals surface area contributed by atoms with Crippen LogP contribution in [0.2, 0.25) is 0 Å². The number of hydrogen-bond acceptors (Lipinski definition) is 7. The van der Waals surface area contributed by atoms with Gasteiger partial charge in [0.1, 0.15) is 23.3 Å². The van der Waals surface area contributed by atoms with Gasteiger partial charge in [-0.3, -0.25) is 10.1 Å². The Labute approximate surface area is 191 Å². The van der Waals surface area contributed by atoms with Crippen LogP contribution in [0, 0.1) is 11.3 Å². The van der Waals surface area contributed by atoms with Crippen molar-refractivity contribution in [2.45, 2.75) is 33.3 Å². The second kappa shape index (κ2) is 11.1. The summed E-state index contributed by atoms with van der Waals surface area (Å²) in [4.78, 5) is 12.5. The summed E-state index contributed by atoms with van der Waals surface area (Å²) in [6, 6.07) is 17.1. The lowest BCUT2D eigenvalue weighted by atomic mass is 10.1. The largest absolute Gasteiger partial charge is 0.490 e. The molecular weight excluding hydrogens is 424 g/mol. The van der Waals surface area contributed by atoms with Gasteiger partial charge < -0.3 is 9.47 Å². The first-order valence-electron chi connectivity index (χ1n) is 10.2. The first-order valence-corrected chi connectivity index (χ1v) is 11.0. The molecule has 2 aromatic carbocycles. The van der Waals surface area contributed by atoms with Crippen LogP contribution in [0.1, 0.15) is 42.8 Å². The number of rotatable bonds is 9. The van der Waals surface area contributed by atoms with E-state index in [4.69, 9.17) is 9.47 Å². The van der Waals surface area contributed by atoms with Crippen molar-refractivity contribution in [2.75, 3.05) is 11.9 Å². The van der Waals surface area contributed by atoms with Gasteiger partial charge in [-0.25, -0.2) is 0 Å². The second-order valence-corrected chi connectivity index (χ2v) is 8.15. The normalized spacial score (nSPS) is 11.2. The van der Waals surface area contributed by atoms with E-state index >= 15 is 0 Å². The molecular formula is C24H24N4O3S. The topological polar surface area (TPSA) is 97.1 Å². The highest BCUT2D eigenvalue weighted by molar-refractivity contribution is 7.15. The zero-order valence-corrected chi connectivity index (χ0v) is 19.0. The zero-order chi connectivity index (χ0) is 22.9. The number of aromatic nitrogens is 2. The number of benzene rings is 2. The lowest BCUT2D eigenvalue weighted by Crippen LogP contribution is -2.13. The summed E-state index contributed by atoms with van der Waals surface area (Å²) in [5.41, 5.74) is 1.64. The Morgan fingerprint density at radius 1 is 1.16 bits per heavy atom. The smallest absolute Gasteiger partial charge is 0.268 e. The first-order chi connectivity index (χ1) is 15.5. The van der Waals surface area contributed by atoms with E-state index < -0.39 is 5.91 Å². The third kappa shape index (κ3) is 6.15. The van der Waals surface area contributed by atoms with Crippen molar-refractivity contribution in [3.63, 3.8) is 0 Å². The van der Waals surface area contributed by atoms with Gasteiger partial charge in [-0.1, -0.05) is 61.6 Å². The van der Waals surface area contributed by atoms with E-state index in [1.54, 1.807) is 18.2 Å². The highest BCUT2D eigenvalue weighted by Crippen LogP contribution is 2.30. The fourth-order valence-corrected chi connectivity index (χ4v) is 3.48. The van der Waals surface area contributed by atoms with Gasteiger partial charge in [-0.2, -0.15) is 5.26 Å². The molecule has 1 N–H and O–H groups in total. The quantitative estimate of drug-likeness (QED) is 0.358. The van der Waals surface area contributed by atoms with Crippen molar-refractivity contribution in [1.82, 2.24) is 10.2 Å². The molecule has 8 heteroatoms. The van der Waals surface area contributed by atoms with Gasteiger partial charge in [-0.05, 0) is 36.3 Å². The summed E-state index contributed by atoms with van der Waals surface area (Å²) < 4.78 is 11.6. The molecule has 1 heterocycles. The molecule has 0 saturated heterocycles. The molecule has 0 spiro atoms. The van der Waals surface area contributed by atoms with E-state index in [0.29, 0.717) is 35.4 Å². The lowest BCUT2D eigenvalue weighted by Gasteiger charge is -2.13. The predicted molar refractivity (Wildman–Crippen MR) is 125 cm³/mol. The number of carbonyl (C=O) groups is 1. The zero-order valence-electron chi connectivity index (χ0n) is 18.2. The van der Waals surface area contributed by atoms with Crippen LogP contribution in [0.5, 0.6) is 11.5 Å². The number of anilines is 1. The molecule has 0 saturated carbocycles. The average Bonchev–Trinajstić information content (AvgIpc) is 3.26. The number of nitrogens with zero attached hydrogens (tertiary/aromatic N) is 3. The minimum atomic E-state index is -0.540. The molecule has 164 valence electrons. The fourth-order valence-electron chi connectivity index (χ4n) is 2.74. The summed E-state index contributed by atoms with van der Waals surface area (Å²) in [5.74, 6) is 0.802. The molecule has 0 fully saturated rings. The molecule has 0 radical (unpaired) electrons. The number of nitriles is 1. The minimum absolute atomic E-state index is 0.0494. The molecule has 32 heavy (non-hydrogen) atoms. The first kappa shape index (κ1) is 23.0. The van der Waals surface area contributed by atoms with Crippen LogP contribution in [0.15, 0.2) is 54.1 Å². The van der Waals surface area contributed by atoms with E-state index in [-0.39, 0.29) is 11.5 Å². The summed E-state index contributed by atoms with van der Waals surface area (Å²) in [6.07, 6.45) is 1.50. The van der Waals surface area contributed by atoms with Gasteiger partial charge in [0.05, 0.1) is 6.61 Å². The molecule has 0 aliphatic carbocycles.